The SMILES string of the molecule is CN(C)CC1CC(O)CN1CC(Cl)=CCl. The zero-order chi connectivity index (χ0) is 11.4. The number of β-amino-alcohol motifs (C(OH)–C–C–N with tert-alkyl or cyclic N) is 1. The van der Waals surface area contributed by atoms with E-state index in [4.69, 9.17) is 23.2 Å². The lowest BCUT2D eigenvalue weighted by Crippen LogP contribution is -2.38. The van der Waals surface area contributed by atoms with Gasteiger partial charge < -0.3 is 10.0 Å². The van der Waals surface area contributed by atoms with E-state index in [-0.39, 0.29) is 6.10 Å². The first-order valence-corrected chi connectivity index (χ1v) is 5.86. The highest BCUT2D eigenvalue weighted by Gasteiger charge is 2.31. The molecule has 15 heavy (non-hydrogen) atoms. The molecule has 1 N–H and O–H groups in total. The fourth-order valence-electron chi connectivity index (χ4n) is 1.99. The summed E-state index contributed by atoms with van der Waals surface area (Å²) in [6, 6.07) is 0.361. The molecule has 2 unspecified atom stereocenters. The molecule has 1 aliphatic rings. The van der Waals surface area contributed by atoms with Crippen LogP contribution in [0.5, 0.6) is 0 Å². The molecule has 1 rings (SSSR count). The number of aliphatic hydroxyl groups is 1. The van der Waals surface area contributed by atoms with Gasteiger partial charge in [-0.25, -0.2) is 0 Å². The molecule has 0 bridgehead atoms. The standard InChI is InChI=1S/C10H18Cl2N2O/c1-13(2)6-9-3-10(15)7-14(9)5-8(12)4-11/h4,9-10,15H,3,5-7H2,1-2H3. The van der Waals surface area contributed by atoms with Crippen molar-refractivity contribution in [3.8, 4) is 0 Å². The Balaban J connectivity index is 2.52. The minimum atomic E-state index is -0.241. The van der Waals surface area contributed by atoms with Gasteiger partial charge in [-0.15, -0.1) is 0 Å². The number of likely N-dealkylation sites (tertiary alicyclic amines) is 1. The van der Waals surface area contributed by atoms with Crippen LogP contribution in [0, 0.1) is 0 Å². The molecular formula is C10H18Cl2N2O. The highest BCUT2D eigenvalue weighted by Crippen LogP contribution is 2.20. The first-order valence-electron chi connectivity index (χ1n) is 5.04. The minimum absolute atomic E-state index is 0.241. The van der Waals surface area contributed by atoms with Crippen molar-refractivity contribution in [3.63, 3.8) is 0 Å². The highest BCUT2D eigenvalue weighted by atomic mass is 35.5. The maximum absolute atomic E-state index is 9.61. The first-order chi connectivity index (χ1) is 7.02. The van der Waals surface area contributed by atoms with E-state index in [2.05, 4.69) is 9.80 Å². The van der Waals surface area contributed by atoms with Crippen LogP contribution in [-0.4, -0.2) is 60.8 Å². The summed E-state index contributed by atoms with van der Waals surface area (Å²) in [6.07, 6.45) is 0.569. The second-order valence-corrected chi connectivity index (χ2v) is 4.99. The Morgan fingerprint density at radius 3 is 2.80 bits per heavy atom. The Hall–Kier alpha value is 0.200. The lowest BCUT2D eigenvalue weighted by Gasteiger charge is -2.26. The first kappa shape index (κ1) is 13.3. The summed E-state index contributed by atoms with van der Waals surface area (Å²) in [5.41, 5.74) is 1.39. The van der Waals surface area contributed by atoms with E-state index in [1.54, 1.807) is 0 Å². The summed E-state index contributed by atoms with van der Waals surface area (Å²) in [4.78, 5) is 4.29. The Labute approximate surface area is 101 Å². The molecule has 1 fully saturated rings. The van der Waals surface area contributed by atoms with Crippen LogP contribution >= 0.6 is 23.2 Å². The Bertz CT molecular complexity index is 233. The van der Waals surface area contributed by atoms with E-state index >= 15 is 0 Å². The van der Waals surface area contributed by atoms with Gasteiger partial charge in [0.2, 0.25) is 0 Å². The van der Waals surface area contributed by atoms with Crippen molar-refractivity contribution in [1.82, 2.24) is 9.80 Å². The van der Waals surface area contributed by atoms with Crippen LogP contribution in [0.15, 0.2) is 10.6 Å². The van der Waals surface area contributed by atoms with Crippen molar-refractivity contribution in [2.24, 2.45) is 0 Å². The topological polar surface area (TPSA) is 26.7 Å². The number of hydrogen-bond donors (Lipinski definition) is 1. The largest absolute Gasteiger partial charge is 0.392 e. The second-order valence-electron chi connectivity index (χ2n) is 4.29. The van der Waals surface area contributed by atoms with Crippen LogP contribution < -0.4 is 0 Å². The molecule has 0 aliphatic carbocycles. The molecule has 0 aromatic carbocycles. The number of aliphatic hydroxyl groups excluding tert-OH is 1. The van der Waals surface area contributed by atoms with Crippen molar-refractivity contribution in [1.29, 1.82) is 0 Å². The summed E-state index contributed by atoms with van der Waals surface area (Å²) in [6.45, 7) is 2.24. The maximum atomic E-state index is 9.61. The lowest BCUT2D eigenvalue weighted by atomic mass is 10.2. The molecule has 0 amide bonds. The van der Waals surface area contributed by atoms with Gasteiger partial charge in [0.25, 0.3) is 0 Å². The minimum Gasteiger partial charge on any atom is -0.392 e. The van der Waals surface area contributed by atoms with Crippen molar-refractivity contribution >= 4 is 23.2 Å². The van der Waals surface area contributed by atoms with Gasteiger partial charge in [-0.1, -0.05) is 23.2 Å². The number of hydrogen-bond acceptors (Lipinski definition) is 3. The van der Waals surface area contributed by atoms with Gasteiger partial charge in [-0.2, -0.15) is 0 Å². The van der Waals surface area contributed by atoms with Gasteiger partial charge in [0, 0.05) is 36.2 Å². The van der Waals surface area contributed by atoms with Gasteiger partial charge in [-0.05, 0) is 20.5 Å². The number of nitrogens with zero attached hydrogens (tertiary/aromatic N) is 2. The van der Waals surface area contributed by atoms with Crippen LogP contribution in [0.3, 0.4) is 0 Å². The summed E-state index contributed by atoms with van der Waals surface area (Å²) in [5, 5.41) is 10.2. The Kier molecular flexibility index (Phi) is 5.36. The Morgan fingerprint density at radius 2 is 2.27 bits per heavy atom. The third-order valence-corrected chi connectivity index (χ3v) is 3.16. The maximum Gasteiger partial charge on any atom is 0.0682 e. The molecule has 0 aromatic rings. The van der Waals surface area contributed by atoms with Crippen molar-refractivity contribution < 1.29 is 5.11 Å². The van der Waals surface area contributed by atoms with Crippen molar-refractivity contribution in [2.75, 3.05) is 33.7 Å². The molecule has 2 atom stereocenters. The molecule has 88 valence electrons. The van der Waals surface area contributed by atoms with E-state index in [1.165, 1.54) is 5.54 Å². The summed E-state index contributed by atoms with van der Waals surface area (Å²) in [5.74, 6) is 0. The van der Waals surface area contributed by atoms with Gasteiger partial charge in [0.15, 0.2) is 0 Å². The van der Waals surface area contributed by atoms with Crippen LogP contribution in [0.25, 0.3) is 0 Å². The van der Waals surface area contributed by atoms with Crippen LogP contribution in [0.1, 0.15) is 6.42 Å². The molecule has 0 saturated carbocycles. The summed E-state index contributed by atoms with van der Waals surface area (Å²) >= 11 is 11.4. The van der Waals surface area contributed by atoms with Gasteiger partial charge >= 0.3 is 0 Å². The zero-order valence-corrected chi connectivity index (χ0v) is 10.7. The van der Waals surface area contributed by atoms with Crippen LogP contribution in [0.2, 0.25) is 0 Å². The van der Waals surface area contributed by atoms with E-state index in [0.29, 0.717) is 24.2 Å². The predicted octanol–water partition coefficient (Wildman–Crippen LogP) is 1.30. The average Bonchev–Trinajstić information content (AvgIpc) is 2.45. The quantitative estimate of drug-likeness (QED) is 0.818. The van der Waals surface area contributed by atoms with Crippen molar-refractivity contribution in [2.45, 2.75) is 18.6 Å². The predicted molar refractivity (Wildman–Crippen MR) is 64.3 cm³/mol. The highest BCUT2D eigenvalue weighted by molar-refractivity contribution is 6.36. The molecule has 0 spiro atoms. The van der Waals surface area contributed by atoms with Crippen LogP contribution in [-0.2, 0) is 0 Å². The normalized spacial score (nSPS) is 29.1. The lowest BCUT2D eigenvalue weighted by molar-refractivity contribution is 0.178. The number of halogens is 2. The second kappa shape index (κ2) is 6.06. The van der Waals surface area contributed by atoms with Gasteiger partial charge in [-0.3, -0.25) is 4.90 Å². The van der Waals surface area contributed by atoms with Gasteiger partial charge in [0.1, 0.15) is 0 Å². The smallest absolute Gasteiger partial charge is 0.0682 e. The molecule has 1 saturated heterocycles. The van der Waals surface area contributed by atoms with Gasteiger partial charge in [0.05, 0.1) is 6.10 Å². The fraction of sp³-hybridized carbons (Fsp3) is 0.800. The molecular weight excluding hydrogens is 235 g/mol. The van der Waals surface area contributed by atoms with E-state index in [1.807, 2.05) is 14.1 Å². The van der Waals surface area contributed by atoms with E-state index in [0.717, 1.165) is 13.0 Å². The fourth-order valence-corrected chi connectivity index (χ4v) is 2.21. The number of rotatable bonds is 4. The van der Waals surface area contributed by atoms with Crippen molar-refractivity contribution in [3.05, 3.63) is 10.6 Å². The third-order valence-electron chi connectivity index (χ3n) is 2.55. The zero-order valence-electron chi connectivity index (χ0n) is 9.16. The van der Waals surface area contributed by atoms with E-state index in [9.17, 15) is 5.11 Å². The molecule has 1 heterocycles. The molecule has 3 nitrogen and oxygen atoms in total. The monoisotopic (exact) mass is 252 g/mol. The van der Waals surface area contributed by atoms with Crippen LogP contribution in [0.4, 0.5) is 0 Å². The summed E-state index contributed by atoms with van der Waals surface area (Å²) < 4.78 is 0. The molecule has 0 radical (unpaired) electrons. The molecule has 0 aromatic heterocycles. The molecule has 5 heteroatoms. The number of likely N-dealkylation sites (N-methyl/N-ethyl adjacent to an activating group) is 1. The third kappa shape index (κ3) is 4.29. The summed E-state index contributed by atoms with van der Waals surface area (Å²) in [7, 11) is 4.06. The molecule has 1 aliphatic heterocycles. The Morgan fingerprint density at radius 1 is 1.60 bits per heavy atom. The van der Waals surface area contributed by atoms with E-state index < -0.39 is 0 Å². The average molecular weight is 253 g/mol.